The summed E-state index contributed by atoms with van der Waals surface area (Å²) in [5, 5.41) is 2.91. The Kier molecular flexibility index (Phi) is 6.64. The lowest BCUT2D eigenvalue weighted by Gasteiger charge is -2.23. The lowest BCUT2D eigenvalue weighted by molar-refractivity contribution is -0.130. The molecule has 0 bridgehead atoms. The molecule has 1 fully saturated rings. The zero-order chi connectivity index (χ0) is 17.5. The average Bonchev–Trinajstić information content (AvgIpc) is 2.82. The van der Waals surface area contributed by atoms with Crippen molar-refractivity contribution in [1.82, 2.24) is 15.1 Å². The third-order valence-electron chi connectivity index (χ3n) is 4.51. The molecule has 1 aliphatic heterocycles. The van der Waals surface area contributed by atoms with Crippen LogP contribution in [0.3, 0.4) is 0 Å². The first kappa shape index (κ1) is 18.3. The Bertz CT molecular complexity index is 586. The van der Waals surface area contributed by atoms with E-state index in [1.807, 2.05) is 30.6 Å². The van der Waals surface area contributed by atoms with E-state index in [4.69, 9.17) is 0 Å². The summed E-state index contributed by atoms with van der Waals surface area (Å²) in [6, 6.07) is 6.22. The SMILES string of the molecule is CCCNC(=O)N1CCCN(C(=O)Cc2cc(C)ccc2C)CC1. The van der Waals surface area contributed by atoms with E-state index in [1.165, 1.54) is 5.56 Å². The van der Waals surface area contributed by atoms with Crippen LogP contribution in [-0.4, -0.2) is 54.5 Å². The van der Waals surface area contributed by atoms with Gasteiger partial charge in [0.1, 0.15) is 0 Å². The summed E-state index contributed by atoms with van der Waals surface area (Å²) in [5.74, 6) is 0.152. The van der Waals surface area contributed by atoms with Crippen molar-refractivity contribution in [2.24, 2.45) is 0 Å². The summed E-state index contributed by atoms with van der Waals surface area (Å²) in [4.78, 5) is 28.4. The van der Waals surface area contributed by atoms with Gasteiger partial charge in [-0.25, -0.2) is 4.79 Å². The Morgan fingerprint density at radius 2 is 1.79 bits per heavy atom. The first-order chi connectivity index (χ1) is 11.5. The third-order valence-corrected chi connectivity index (χ3v) is 4.51. The van der Waals surface area contributed by atoms with E-state index in [9.17, 15) is 9.59 Å². The zero-order valence-electron chi connectivity index (χ0n) is 15.1. The van der Waals surface area contributed by atoms with Crippen LogP contribution in [0, 0.1) is 13.8 Å². The minimum Gasteiger partial charge on any atom is -0.341 e. The second-order valence-corrected chi connectivity index (χ2v) is 6.56. The van der Waals surface area contributed by atoms with Gasteiger partial charge in [0, 0.05) is 32.7 Å². The first-order valence-corrected chi connectivity index (χ1v) is 8.88. The first-order valence-electron chi connectivity index (χ1n) is 8.88. The summed E-state index contributed by atoms with van der Waals surface area (Å²) >= 11 is 0. The monoisotopic (exact) mass is 331 g/mol. The molecule has 0 unspecified atom stereocenters. The molecule has 2 rings (SSSR count). The summed E-state index contributed by atoms with van der Waals surface area (Å²) in [7, 11) is 0. The standard InChI is InChI=1S/C19H29N3O2/c1-4-8-20-19(24)22-10-5-9-21(11-12-22)18(23)14-17-13-15(2)6-7-16(17)3/h6-7,13H,4-5,8-12,14H2,1-3H3,(H,20,24). The molecule has 132 valence electrons. The number of carbonyl (C=O) groups is 2. The molecule has 1 aliphatic rings. The lowest BCUT2D eigenvalue weighted by atomic mass is 10.0. The Labute approximate surface area is 145 Å². The van der Waals surface area contributed by atoms with Crippen molar-refractivity contribution in [2.75, 3.05) is 32.7 Å². The van der Waals surface area contributed by atoms with Gasteiger partial charge in [0.25, 0.3) is 0 Å². The Morgan fingerprint density at radius 1 is 1.08 bits per heavy atom. The summed E-state index contributed by atoms with van der Waals surface area (Å²) in [6.45, 7) is 9.48. The maximum Gasteiger partial charge on any atom is 0.317 e. The van der Waals surface area contributed by atoms with Gasteiger partial charge in [0.15, 0.2) is 0 Å². The maximum absolute atomic E-state index is 12.6. The zero-order valence-corrected chi connectivity index (χ0v) is 15.1. The summed E-state index contributed by atoms with van der Waals surface area (Å²) < 4.78 is 0. The number of nitrogens with zero attached hydrogens (tertiary/aromatic N) is 2. The van der Waals surface area contributed by atoms with E-state index in [0.717, 1.165) is 30.5 Å². The average molecular weight is 331 g/mol. The smallest absolute Gasteiger partial charge is 0.317 e. The molecule has 5 nitrogen and oxygen atoms in total. The second-order valence-electron chi connectivity index (χ2n) is 6.56. The van der Waals surface area contributed by atoms with Crippen LogP contribution in [-0.2, 0) is 11.2 Å². The molecular formula is C19H29N3O2. The van der Waals surface area contributed by atoms with Gasteiger partial charge in [-0.15, -0.1) is 0 Å². The molecule has 3 amide bonds. The molecule has 1 heterocycles. The van der Waals surface area contributed by atoms with Crippen molar-refractivity contribution in [3.05, 3.63) is 34.9 Å². The minimum absolute atomic E-state index is 0.0133. The third kappa shape index (κ3) is 4.98. The van der Waals surface area contributed by atoms with E-state index in [-0.39, 0.29) is 11.9 Å². The van der Waals surface area contributed by atoms with E-state index in [1.54, 1.807) is 0 Å². The van der Waals surface area contributed by atoms with Crippen LogP contribution in [0.2, 0.25) is 0 Å². The summed E-state index contributed by atoms with van der Waals surface area (Å²) in [6.07, 6.45) is 2.20. The predicted octanol–water partition coefficient (Wildman–Crippen LogP) is 2.50. The molecule has 0 aromatic heterocycles. The second kappa shape index (κ2) is 8.71. The van der Waals surface area contributed by atoms with Crippen molar-refractivity contribution in [3.63, 3.8) is 0 Å². The molecule has 24 heavy (non-hydrogen) atoms. The molecule has 0 saturated carbocycles. The van der Waals surface area contributed by atoms with Crippen LogP contribution in [0.5, 0.6) is 0 Å². The number of hydrogen-bond donors (Lipinski definition) is 1. The van der Waals surface area contributed by atoms with Crippen molar-refractivity contribution in [1.29, 1.82) is 0 Å². The predicted molar refractivity (Wildman–Crippen MR) is 96.1 cm³/mol. The minimum atomic E-state index is -0.0133. The number of amides is 3. The molecule has 5 heteroatoms. The molecule has 1 saturated heterocycles. The molecule has 1 aromatic carbocycles. The van der Waals surface area contributed by atoms with Gasteiger partial charge in [-0.2, -0.15) is 0 Å². The Morgan fingerprint density at radius 3 is 2.54 bits per heavy atom. The van der Waals surface area contributed by atoms with E-state index in [0.29, 0.717) is 32.6 Å². The topological polar surface area (TPSA) is 52.7 Å². The largest absolute Gasteiger partial charge is 0.341 e. The highest BCUT2D eigenvalue weighted by Gasteiger charge is 2.22. The number of hydrogen-bond acceptors (Lipinski definition) is 2. The van der Waals surface area contributed by atoms with Crippen LogP contribution in [0.15, 0.2) is 18.2 Å². The fourth-order valence-corrected chi connectivity index (χ4v) is 2.98. The van der Waals surface area contributed by atoms with Crippen LogP contribution in [0.1, 0.15) is 36.5 Å². The number of benzene rings is 1. The molecule has 0 radical (unpaired) electrons. The van der Waals surface area contributed by atoms with Crippen molar-refractivity contribution < 1.29 is 9.59 Å². The number of urea groups is 1. The van der Waals surface area contributed by atoms with E-state index >= 15 is 0 Å². The number of carbonyl (C=O) groups excluding carboxylic acids is 2. The highest BCUT2D eigenvalue weighted by molar-refractivity contribution is 5.79. The van der Waals surface area contributed by atoms with E-state index in [2.05, 4.69) is 23.5 Å². The van der Waals surface area contributed by atoms with Gasteiger partial charge in [-0.05, 0) is 37.8 Å². The van der Waals surface area contributed by atoms with Gasteiger partial charge in [0.05, 0.1) is 6.42 Å². The molecule has 0 aliphatic carbocycles. The van der Waals surface area contributed by atoms with Crippen molar-refractivity contribution in [3.8, 4) is 0 Å². The molecular weight excluding hydrogens is 302 g/mol. The van der Waals surface area contributed by atoms with Crippen molar-refractivity contribution in [2.45, 2.75) is 40.0 Å². The van der Waals surface area contributed by atoms with Crippen LogP contribution >= 0.6 is 0 Å². The number of aryl methyl sites for hydroxylation is 2. The van der Waals surface area contributed by atoms with Gasteiger partial charge >= 0.3 is 6.03 Å². The Balaban J connectivity index is 1.92. The normalized spacial score (nSPS) is 15.1. The Hall–Kier alpha value is -2.04. The molecule has 1 aromatic rings. The van der Waals surface area contributed by atoms with Gasteiger partial charge in [0.2, 0.25) is 5.91 Å². The van der Waals surface area contributed by atoms with Gasteiger partial charge in [-0.3, -0.25) is 4.79 Å². The number of rotatable bonds is 4. The molecule has 1 N–H and O–H groups in total. The van der Waals surface area contributed by atoms with E-state index < -0.39 is 0 Å². The van der Waals surface area contributed by atoms with Gasteiger partial charge < -0.3 is 15.1 Å². The fourth-order valence-electron chi connectivity index (χ4n) is 2.98. The fraction of sp³-hybridized carbons (Fsp3) is 0.579. The number of nitrogens with one attached hydrogen (secondary N) is 1. The molecule has 0 spiro atoms. The lowest BCUT2D eigenvalue weighted by Crippen LogP contribution is -2.43. The van der Waals surface area contributed by atoms with Crippen LogP contribution in [0.4, 0.5) is 4.79 Å². The van der Waals surface area contributed by atoms with Gasteiger partial charge in [-0.1, -0.05) is 30.7 Å². The van der Waals surface area contributed by atoms with Crippen LogP contribution < -0.4 is 5.32 Å². The molecule has 0 atom stereocenters. The van der Waals surface area contributed by atoms with Crippen molar-refractivity contribution >= 4 is 11.9 Å². The highest BCUT2D eigenvalue weighted by Crippen LogP contribution is 2.13. The highest BCUT2D eigenvalue weighted by atomic mass is 16.2. The quantitative estimate of drug-likeness (QED) is 0.921. The summed E-state index contributed by atoms with van der Waals surface area (Å²) in [5.41, 5.74) is 3.43. The maximum atomic E-state index is 12.6. The van der Waals surface area contributed by atoms with Crippen LogP contribution in [0.25, 0.3) is 0 Å².